The fourth-order valence-electron chi connectivity index (χ4n) is 3.83. The Labute approximate surface area is 184 Å². The first kappa shape index (κ1) is 21.2. The molecule has 31 heavy (non-hydrogen) atoms. The van der Waals surface area contributed by atoms with Crippen molar-refractivity contribution < 1.29 is 19.8 Å². The van der Waals surface area contributed by atoms with Crippen LogP contribution in [0, 0.1) is 5.92 Å². The van der Waals surface area contributed by atoms with E-state index in [9.17, 15) is 19.8 Å². The first-order valence-corrected chi connectivity index (χ1v) is 10.3. The molecule has 10 heteroatoms. The van der Waals surface area contributed by atoms with Crippen molar-refractivity contribution in [3.8, 4) is 0 Å². The highest BCUT2D eigenvalue weighted by Gasteiger charge is 2.60. The van der Waals surface area contributed by atoms with E-state index in [0.29, 0.717) is 48.9 Å². The number of aliphatic carboxylic acids is 1. The molecule has 1 aromatic carbocycles. The molecular formula is C21H22ClN5O4. The predicted molar refractivity (Wildman–Crippen MR) is 115 cm³/mol. The highest BCUT2D eigenvalue weighted by atomic mass is 35.5. The molecule has 2 unspecified atom stereocenters. The van der Waals surface area contributed by atoms with Crippen molar-refractivity contribution in [2.24, 2.45) is 10.9 Å². The Bertz CT molecular complexity index is 1020. The Hall–Kier alpha value is -3.04. The number of carbonyl (C=O) groups excluding carboxylic acids is 1. The van der Waals surface area contributed by atoms with Crippen LogP contribution in [0.5, 0.6) is 0 Å². The molecule has 4 rings (SSSR count). The number of hydrogen-bond donors (Lipinski definition) is 2. The summed E-state index contributed by atoms with van der Waals surface area (Å²) in [6, 6.07) is 8.78. The van der Waals surface area contributed by atoms with Crippen LogP contribution in [0.25, 0.3) is 0 Å². The van der Waals surface area contributed by atoms with Crippen LogP contribution >= 0.6 is 11.6 Å². The maximum absolute atomic E-state index is 12.8. The van der Waals surface area contributed by atoms with Gasteiger partial charge in [0.15, 0.2) is 5.54 Å². The molecule has 2 atom stereocenters. The van der Waals surface area contributed by atoms with Gasteiger partial charge in [0.2, 0.25) is 0 Å². The van der Waals surface area contributed by atoms with Gasteiger partial charge in [-0.1, -0.05) is 23.7 Å². The Morgan fingerprint density at radius 3 is 2.61 bits per heavy atom. The van der Waals surface area contributed by atoms with E-state index >= 15 is 0 Å². The van der Waals surface area contributed by atoms with Crippen LogP contribution in [0.2, 0.25) is 5.02 Å². The number of aromatic nitrogens is 2. The van der Waals surface area contributed by atoms with Gasteiger partial charge in [0.25, 0.3) is 5.91 Å². The molecule has 1 amide bonds. The number of anilines is 1. The summed E-state index contributed by atoms with van der Waals surface area (Å²) in [5.74, 6) is -1.55. The minimum Gasteiger partial charge on any atom is -0.479 e. The molecule has 2 heterocycles. The van der Waals surface area contributed by atoms with E-state index in [-0.39, 0.29) is 18.4 Å². The second-order valence-electron chi connectivity index (χ2n) is 7.63. The topological polar surface area (TPSA) is 119 Å². The molecule has 2 fully saturated rings. The van der Waals surface area contributed by atoms with E-state index in [4.69, 9.17) is 11.6 Å². The summed E-state index contributed by atoms with van der Waals surface area (Å²) in [7, 11) is 0. The summed E-state index contributed by atoms with van der Waals surface area (Å²) in [4.78, 5) is 32.4. The lowest BCUT2D eigenvalue weighted by molar-refractivity contribution is -0.140. The van der Waals surface area contributed by atoms with Gasteiger partial charge in [-0.3, -0.25) is 9.79 Å². The van der Waals surface area contributed by atoms with Crippen LogP contribution in [0.3, 0.4) is 0 Å². The summed E-state index contributed by atoms with van der Waals surface area (Å²) in [5.41, 5.74) is 0.421. The monoisotopic (exact) mass is 443 g/mol. The first-order valence-electron chi connectivity index (χ1n) is 9.96. The first-order chi connectivity index (χ1) is 15.0. The fourth-order valence-corrected chi connectivity index (χ4v) is 4.05. The van der Waals surface area contributed by atoms with Gasteiger partial charge in [-0.05, 0) is 24.6 Å². The molecule has 0 spiro atoms. The molecule has 0 bridgehead atoms. The van der Waals surface area contributed by atoms with Crippen LogP contribution in [0.15, 0.2) is 41.5 Å². The molecule has 1 aliphatic carbocycles. The predicted octanol–water partition coefficient (Wildman–Crippen LogP) is 1.35. The minimum atomic E-state index is -1.29. The molecule has 1 saturated carbocycles. The second kappa shape index (κ2) is 8.60. The highest BCUT2D eigenvalue weighted by Crippen LogP contribution is 2.47. The Morgan fingerprint density at radius 2 is 1.97 bits per heavy atom. The van der Waals surface area contributed by atoms with Crippen LogP contribution < -0.4 is 4.90 Å². The smallest absolute Gasteiger partial charge is 0.331 e. The zero-order valence-electron chi connectivity index (χ0n) is 16.7. The number of hydrogen-bond acceptors (Lipinski definition) is 7. The number of halogens is 1. The Balaban J connectivity index is 1.46. The molecule has 1 aromatic heterocycles. The largest absolute Gasteiger partial charge is 0.479 e. The second-order valence-corrected chi connectivity index (χ2v) is 8.04. The molecule has 2 aromatic rings. The van der Waals surface area contributed by atoms with Crippen LogP contribution in [-0.4, -0.2) is 81.7 Å². The quantitative estimate of drug-likeness (QED) is 0.646. The van der Waals surface area contributed by atoms with E-state index < -0.39 is 11.5 Å². The van der Waals surface area contributed by atoms with Crippen molar-refractivity contribution in [2.45, 2.75) is 12.0 Å². The summed E-state index contributed by atoms with van der Waals surface area (Å²) in [6.45, 7) is 1.94. The van der Waals surface area contributed by atoms with Gasteiger partial charge >= 0.3 is 5.97 Å². The van der Waals surface area contributed by atoms with Crippen molar-refractivity contribution in [2.75, 3.05) is 37.7 Å². The van der Waals surface area contributed by atoms with E-state index in [2.05, 4.69) is 20.1 Å². The molecular weight excluding hydrogens is 422 g/mol. The van der Waals surface area contributed by atoms with Crippen molar-refractivity contribution in [3.63, 3.8) is 0 Å². The maximum Gasteiger partial charge on any atom is 0.331 e. The van der Waals surface area contributed by atoms with Gasteiger partial charge in [-0.25, -0.2) is 4.79 Å². The lowest BCUT2D eigenvalue weighted by Crippen LogP contribution is -2.49. The number of aliphatic imine (C=N–C) groups is 1. The van der Waals surface area contributed by atoms with E-state index in [1.165, 1.54) is 6.21 Å². The SMILES string of the molecule is O=C(c1ccccc1Cl)N1CCN(c2ccnnc2C=NC2(C(=O)O)CC2CO)CC1. The number of carboxylic acids is 1. The van der Waals surface area contributed by atoms with Crippen molar-refractivity contribution in [3.05, 3.63) is 52.8 Å². The zero-order valence-corrected chi connectivity index (χ0v) is 17.4. The van der Waals surface area contributed by atoms with Gasteiger partial charge in [0.1, 0.15) is 5.69 Å². The number of benzene rings is 1. The third kappa shape index (κ3) is 4.11. The third-order valence-electron chi connectivity index (χ3n) is 5.82. The maximum atomic E-state index is 12.8. The van der Waals surface area contributed by atoms with E-state index in [1.807, 2.05) is 0 Å². The van der Waals surface area contributed by atoms with Crippen LogP contribution in [0.1, 0.15) is 22.5 Å². The van der Waals surface area contributed by atoms with Gasteiger partial charge in [-0.15, -0.1) is 5.10 Å². The Morgan fingerprint density at radius 1 is 1.23 bits per heavy atom. The lowest BCUT2D eigenvalue weighted by Gasteiger charge is -2.36. The molecule has 2 aliphatic rings. The fraction of sp³-hybridized carbons (Fsp3) is 0.381. The van der Waals surface area contributed by atoms with Gasteiger partial charge in [-0.2, -0.15) is 5.10 Å². The van der Waals surface area contributed by atoms with Crippen molar-refractivity contribution >= 4 is 35.4 Å². The molecule has 2 N–H and O–H groups in total. The average Bonchev–Trinajstić information content (AvgIpc) is 3.53. The number of piperazine rings is 1. The van der Waals surface area contributed by atoms with E-state index in [1.54, 1.807) is 41.4 Å². The summed E-state index contributed by atoms with van der Waals surface area (Å²) in [6.07, 6.45) is 3.29. The van der Waals surface area contributed by atoms with Crippen molar-refractivity contribution in [1.82, 2.24) is 15.1 Å². The minimum absolute atomic E-state index is 0.105. The van der Waals surface area contributed by atoms with Crippen molar-refractivity contribution in [1.29, 1.82) is 0 Å². The lowest BCUT2D eigenvalue weighted by atomic mass is 10.1. The summed E-state index contributed by atoms with van der Waals surface area (Å²) < 4.78 is 0. The molecule has 162 valence electrons. The standard InChI is InChI=1S/C21H22ClN5O4/c22-16-4-2-1-3-15(16)19(29)27-9-7-26(8-10-27)18-5-6-24-25-17(18)12-23-21(20(30)31)11-14(21)13-28/h1-6,12,14,28H,7-11,13H2,(H,30,31). The van der Waals surface area contributed by atoms with Gasteiger partial charge < -0.3 is 20.0 Å². The molecule has 1 aliphatic heterocycles. The highest BCUT2D eigenvalue weighted by molar-refractivity contribution is 6.33. The third-order valence-corrected chi connectivity index (χ3v) is 6.15. The van der Waals surface area contributed by atoms with E-state index in [0.717, 1.165) is 5.69 Å². The number of carbonyl (C=O) groups is 2. The summed E-state index contributed by atoms with van der Waals surface area (Å²) >= 11 is 6.16. The number of aliphatic hydroxyl groups excluding tert-OH is 1. The molecule has 1 saturated heterocycles. The number of rotatable bonds is 6. The number of amides is 1. The molecule has 9 nitrogen and oxygen atoms in total. The van der Waals surface area contributed by atoms with Gasteiger partial charge in [0.05, 0.1) is 28.7 Å². The van der Waals surface area contributed by atoms with Gasteiger partial charge in [0, 0.05) is 38.7 Å². The summed E-state index contributed by atoms with van der Waals surface area (Å²) in [5, 5.41) is 27.2. The average molecular weight is 444 g/mol. The van der Waals surface area contributed by atoms with Crippen LogP contribution in [-0.2, 0) is 4.79 Å². The number of aliphatic hydroxyl groups is 1. The van der Waals surface area contributed by atoms with Crippen LogP contribution in [0.4, 0.5) is 5.69 Å². The zero-order chi connectivity index (χ0) is 22.0. The number of nitrogens with zero attached hydrogens (tertiary/aromatic N) is 5. The number of carboxylic acid groups (broad SMARTS) is 1. The normalized spacial score (nSPS) is 23.2. The molecule has 0 radical (unpaired) electrons. The Kier molecular flexibility index (Phi) is 5.88.